The lowest BCUT2D eigenvalue weighted by molar-refractivity contribution is -0.142. The quantitative estimate of drug-likeness (QED) is 0.733. The minimum absolute atomic E-state index is 0.143. The standard InChI is InChI=1S/C11H14F3N/c1-7(2)8(3)9-5-4-6-15-10(9)11(12,13)14/h4-8H,1-3H3. The Morgan fingerprint density at radius 1 is 1.20 bits per heavy atom. The van der Waals surface area contributed by atoms with Crippen LogP contribution in [0.25, 0.3) is 0 Å². The summed E-state index contributed by atoms with van der Waals surface area (Å²) in [7, 11) is 0. The van der Waals surface area contributed by atoms with E-state index in [0.717, 1.165) is 0 Å². The van der Waals surface area contributed by atoms with Crippen LogP contribution in [-0.4, -0.2) is 4.98 Å². The first kappa shape index (κ1) is 12.0. The maximum atomic E-state index is 12.6. The summed E-state index contributed by atoms with van der Waals surface area (Å²) in [5, 5.41) is 0. The Morgan fingerprint density at radius 3 is 2.27 bits per heavy atom. The number of hydrogen-bond acceptors (Lipinski definition) is 1. The van der Waals surface area contributed by atoms with Gasteiger partial charge in [0.25, 0.3) is 0 Å². The lowest BCUT2D eigenvalue weighted by Crippen LogP contribution is -2.15. The molecule has 0 saturated heterocycles. The Labute approximate surface area is 87.3 Å². The number of alkyl halides is 3. The zero-order chi connectivity index (χ0) is 11.6. The van der Waals surface area contributed by atoms with Crippen molar-refractivity contribution in [2.45, 2.75) is 32.9 Å². The topological polar surface area (TPSA) is 12.9 Å². The summed E-state index contributed by atoms with van der Waals surface area (Å²) in [5.41, 5.74) is -0.480. The zero-order valence-electron chi connectivity index (χ0n) is 8.97. The highest BCUT2D eigenvalue weighted by Gasteiger charge is 2.36. The lowest BCUT2D eigenvalue weighted by Gasteiger charge is -2.19. The number of rotatable bonds is 2. The SMILES string of the molecule is CC(C)C(C)c1cccnc1C(F)(F)F. The molecule has 1 aromatic rings. The van der Waals surface area contributed by atoms with Gasteiger partial charge in [0.2, 0.25) is 0 Å². The fraction of sp³-hybridized carbons (Fsp3) is 0.545. The Balaban J connectivity index is 3.18. The second kappa shape index (κ2) is 4.21. The van der Waals surface area contributed by atoms with Crippen molar-refractivity contribution >= 4 is 0 Å². The van der Waals surface area contributed by atoms with Crippen molar-refractivity contribution in [2.24, 2.45) is 5.92 Å². The van der Waals surface area contributed by atoms with E-state index in [1.165, 1.54) is 12.3 Å². The van der Waals surface area contributed by atoms with Gasteiger partial charge in [-0.2, -0.15) is 13.2 Å². The number of nitrogens with zero attached hydrogens (tertiary/aromatic N) is 1. The lowest BCUT2D eigenvalue weighted by atomic mass is 9.89. The summed E-state index contributed by atoms with van der Waals surface area (Å²) in [6.45, 7) is 5.59. The van der Waals surface area contributed by atoms with E-state index in [9.17, 15) is 13.2 Å². The van der Waals surface area contributed by atoms with Gasteiger partial charge in [-0.1, -0.05) is 26.8 Å². The van der Waals surface area contributed by atoms with Crippen molar-refractivity contribution in [1.29, 1.82) is 0 Å². The minimum Gasteiger partial charge on any atom is -0.252 e. The second-order valence-electron chi connectivity index (χ2n) is 3.97. The molecule has 0 amide bonds. The third kappa shape index (κ3) is 2.70. The predicted molar refractivity (Wildman–Crippen MR) is 52.5 cm³/mol. The second-order valence-corrected chi connectivity index (χ2v) is 3.97. The van der Waals surface area contributed by atoms with Crippen molar-refractivity contribution in [1.82, 2.24) is 4.98 Å². The summed E-state index contributed by atoms with van der Waals surface area (Å²) in [5.74, 6) is 0.0191. The summed E-state index contributed by atoms with van der Waals surface area (Å²) in [6.07, 6.45) is -3.18. The summed E-state index contributed by atoms with van der Waals surface area (Å²) in [6, 6.07) is 3.05. The van der Waals surface area contributed by atoms with Gasteiger partial charge in [-0.15, -0.1) is 0 Å². The Bertz CT molecular complexity index is 331. The molecular formula is C11H14F3N. The van der Waals surface area contributed by atoms with E-state index in [-0.39, 0.29) is 17.4 Å². The van der Waals surface area contributed by atoms with E-state index in [0.29, 0.717) is 0 Å². The fourth-order valence-corrected chi connectivity index (χ4v) is 1.38. The molecule has 0 aliphatic rings. The van der Waals surface area contributed by atoms with E-state index in [1.54, 1.807) is 13.0 Å². The molecule has 0 aliphatic carbocycles. The van der Waals surface area contributed by atoms with Gasteiger partial charge in [-0.25, -0.2) is 0 Å². The molecule has 0 fully saturated rings. The van der Waals surface area contributed by atoms with Crippen LogP contribution in [-0.2, 0) is 6.18 Å². The number of hydrogen-bond donors (Lipinski definition) is 0. The van der Waals surface area contributed by atoms with Gasteiger partial charge in [0.15, 0.2) is 0 Å². The van der Waals surface area contributed by atoms with Crippen LogP contribution < -0.4 is 0 Å². The largest absolute Gasteiger partial charge is 0.433 e. The molecule has 15 heavy (non-hydrogen) atoms. The first-order chi connectivity index (χ1) is 6.84. The van der Waals surface area contributed by atoms with Gasteiger partial charge in [0.1, 0.15) is 5.69 Å². The molecule has 1 nitrogen and oxygen atoms in total. The zero-order valence-corrected chi connectivity index (χ0v) is 8.97. The molecule has 1 aromatic heterocycles. The molecule has 1 atom stereocenters. The predicted octanol–water partition coefficient (Wildman–Crippen LogP) is 3.86. The van der Waals surface area contributed by atoms with Crippen molar-refractivity contribution < 1.29 is 13.2 Å². The highest BCUT2D eigenvalue weighted by Crippen LogP contribution is 2.35. The molecule has 1 rings (SSSR count). The Hall–Kier alpha value is -1.06. The van der Waals surface area contributed by atoms with E-state index in [1.807, 2.05) is 13.8 Å². The van der Waals surface area contributed by atoms with Gasteiger partial charge in [-0.3, -0.25) is 4.98 Å². The van der Waals surface area contributed by atoms with Crippen LogP contribution in [0.5, 0.6) is 0 Å². The molecule has 0 aliphatic heterocycles. The molecule has 0 N–H and O–H groups in total. The van der Waals surface area contributed by atoms with Crippen molar-refractivity contribution in [3.8, 4) is 0 Å². The summed E-state index contributed by atoms with van der Waals surface area (Å²) < 4.78 is 37.8. The highest BCUT2D eigenvalue weighted by molar-refractivity contribution is 5.26. The number of halogens is 3. The molecule has 0 radical (unpaired) electrons. The molecule has 0 saturated carbocycles. The number of aromatic nitrogens is 1. The maximum Gasteiger partial charge on any atom is 0.433 e. The average molecular weight is 217 g/mol. The molecular weight excluding hydrogens is 203 g/mol. The normalized spacial score (nSPS) is 14.3. The van der Waals surface area contributed by atoms with Crippen LogP contribution in [0.4, 0.5) is 13.2 Å². The molecule has 1 unspecified atom stereocenters. The van der Waals surface area contributed by atoms with Crippen LogP contribution in [0.1, 0.15) is 37.9 Å². The first-order valence-corrected chi connectivity index (χ1v) is 4.86. The van der Waals surface area contributed by atoms with E-state index >= 15 is 0 Å². The van der Waals surface area contributed by atoms with Crippen LogP contribution in [0.3, 0.4) is 0 Å². The van der Waals surface area contributed by atoms with Crippen molar-refractivity contribution in [3.63, 3.8) is 0 Å². The Morgan fingerprint density at radius 2 is 1.80 bits per heavy atom. The van der Waals surface area contributed by atoms with Crippen LogP contribution in [0.2, 0.25) is 0 Å². The van der Waals surface area contributed by atoms with Crippen LogP contribution >= 0.6 is 0 Å². The monoisotopic (exact) mass is 217 g/mol. The van der Waals surface area contributed by atoms with Crippen LogP contribution in [0.15, 0.2) is 18.3 Å². The molecule has 0 aromatic carbocycles. The fourth-order valence-electron chi connectivity index (χ4n) is 1.38. The Kier molecular flexibility index (Phi) is 3.37. The van der Waals surface area contributed by atoms with Gasteiger partial charge in [-0.05, 0) is 23.5 Å². The smallest absolute Gasteiger partial charge is 0.252 e. The molecule has 4 heteroatoms. The number of pyridine rings is 1. The van der Waals surface area contributed by atoms with E-state index in [4.69, 9.17) is 0 Å². The average Bonchev–Trinajstić information content (AvgIpc) is 2.15. The minimum atomic E-state index is -4.36. The summed E-state index contributed by atoms with van der Waals surface area (Å²) >= 11 is 0. The van der Waals surface area contributed by atoms with Gasteiger partial charge >= 0.3 is 6.18 Å². The van der Waals surface area contributed by atoms with Gasteiger partial charge in [0, 0.05) is 6.20 Å². The molecule has 84 valence electrons. The highest BCUT2D eigenvalue weighted by atomic mass is 19.4. The van der Waals surface area contributed by atoms with Gasteiger partial charge < -0.3 is 0 Å². The maximum absolute atomic E-state index is 12.6. The van der Waals surface area contributed by atoms with Crippen molar-refractivity contribution in [2.75, 3.05) is 0 Å². The van der Waals surface area contributed by atoms with Crippen molar-refractivity contribution in [3.05, 3.63) is 29.6 Å². The first-order valence-electron chi connectivity index (χ1n) is 4.86. The van der Waals surface area contributed by atoms with Gasteiger partial charge in [0.05, 0.1) is 0 Å². The third-order valence-electron chi connectivity index (χ3n) is 2.60. The third-order valence-corrected chi connectivity index (χ3v) is 2.60. The molecule has 0 bridgehead atoms. The van der Waals surface area contributed by atoms with E-state index < -0.39 is 11.9 Å². The van der Waals surface area contributed by atoms with Crippen LogP contribution in [0, 0.1) is 5.92 Å². The molecule has 0 spiro atoms. The molecule has 1 heterocycles. The van der Waals surface area contributed by atoms with E-state index in [2.05, 4.69) is 4.98 Å². The summed E-state index contributed by atoms with van der Waals surface area (Å²) in [4.78, 5) is 3.43.